The van der Waals surface area contributed by atoms with Gasteiger partial charge in [0.15, 0.2) is 5.43 Å². The van der Waals surface area contributed by atoms with E-state index in [0.717, 1.165) is 16.8 Å². The SMILES string of the molecule is O=c1cc(-c2ccc(N3C[C@H](c4ccccc4)[C@@H]([N+](=O)[O-])C3)cc2)oc2ccccc12. The Kier molecular flexibility index (Phi) is 4.75. The predicted octanol–water partition coefficient (Wildman–Crippen LogP) is 4.71. The highest BCUT2D eigenvalue weighted by Crippen LogP contribution is 2.33. The summed E-state index contributed by atoms with van der Waals surface area (Å²) < 4.78 is 5.91. The van der Waals surface area contributed by atoms with Gasteiger partial charge in [0.05, 0.1) is 17.8 Å². The van der Waals surface area contributed by atoms with Crippen molar-refractivity contribution in [3.63, 3.8) is 0 Å². The molecule has 6 heteroatoms. The van der Waals surface area contributed by atoms with Crippen molar-refractivity contribution >= 4 is 16.7 Å². The van der Waals surface area contributed by atoms with E-state index in [1.807, 2.05) is 71.6 Å². The Bertz CT molecular complexity index is 1300. The Morgan fingerprint density at radius 1 is 0.903 bits per heavy atom. The number of nitro groups is 1. The summed E-state index contributed by atoms with van der Waals surface area (Å²) in [5.41, 5.74) is 3.16. The molecule has 0 amide bonds. The molecular formula is C25H20N2O4. The van der Waals surface area contributed by atoms with Crippen LogP contribution in [0.1, 0.15) is 11.5 Å². The molecule has 0 N–H and O–H groups in total. The Balaban J connectivity index is 1.43. The molecule has 154 valence electrons. The minimum atomic E-state index is -0.652. The van der Waals surface area contributed by atoms with Gasteiger partial charge in [0.25, 0.3) is 0 Å². The Hall–Kier alpha value is -3.93. The molecule has 1 aliphatic rings. The van der Waals surface area contributed by atoms with Crippen molar-refractivity contribution in [2.45, 2.75) is 12.0 Å². The number of fused-ring (bicyclic) bond motifs is 1. The fraction of sp³-hybridized carbons (Fsp3) is 0.160. The van der Waals surface area contributed by atoms with E-state index in [1.54, 1.807) is 12.1 Å². The van der Waals surface area contributed by atoms with Crippen LogP contribution in [0.15, 0.2) is 94.1 Å². The lowest BCUT2D eigenvalue weighted by molar-refractivity contribution is -0.519. The van der Waals surface area contributed by atoms with Crippen LogP contribution in [-0.4, -0.2) is 24.1 Å². The first kappa shape index (κ1) is 19.1. The summed E-state index contributed by atoms with van der Waals surface area (Å²) >= 11 is 0. The molecule has 1 saturated heterocycles. The number of benzene rings is 3. The second-order valence-electron chi connectivity index (χ2n) is 7.79. The van der Waals surface area contributed by atoms with Gasteiger partial charge in [0.2, 0.25) is 6.04 Å². The van der Waals surface area contributed by atoms with Crippen molar-refractivity contribution in [2.75, 3.05) is 18.0 Å². The first-order valence-electron chi connectivity index (χ1n) is 10.2. The summed E-state index contributed by atoms with van der Waals surface area (Å²) in [7, 11) is 0. The average molecular weight is 412 g/mol. The number of para-hydroxylation sites is 1. The minimum absolute atomic E-state index is 0.0833. The number of nitrogens with zero attached hydrogens (tertiary/aromatic N) is 2. The fourth-order valence-corrected chi connectivity index (χ4v) is 4.32. The molecule has 1 fully saturated rings. The zero-order valence-corrected chi connectivity index (χ0v) is 16.7. The summed E-state index contributed by atoms with van der Waals surface area (Å²) in [6.45, 7) is 0.941. The quantitative estimate of drug-likeness (QED) is 0.358. The molecule has 6 nitrogen and oxygen atoms in total. The molecule has 4 aromatic rings. The summed E-state index contributed by atoms with van der Waals surface area (Å²) in [6, 6.07) is 25.3. The molecule has 0 bridgehead atoms. The van der Waals surface area contributed by atoms with Crippen molar-refractivity contribution < 1.29 is 9.34 Å². The van der Waals surface area contributed by atoms with E-state index in [-0.39, 0.29) is 16.3 Å². The highest BCUT2D eigenvalue weighted by molar-refractivity contribution is 5.78. The molecule has 31 heavy (non-hydrogen) atoms. The molecule has 0 spiro atoms. The predicted molar refractivity (Wildman–Crippen MR) is 120 cm³/mol. The first-order chi connectivity index (χ1) is 15.1. The maximum atomic E-state index is 12.4. The van der Waals surface area contributed by atoms with Crippen LogP contribution >= 0.6 is 0 Å². The first-order valence-corrected chi connectivity index (χ1v) is 10.2. The Labute approximate surface area is 178 Å². The van der Waals surface area contributed by atoms with Crippen LogP contribution < -0.4 is 10.3 Å². The largest absolute Gasteiger partial charge is 0.456 e. The Morgan fingerprint density at radius 2 is 1.61 bits per heavy atom. The molecule has 1 aromatic heterocycles. The third-order valence-electron chi connectivity index (χ3n) is 5.94. The standard InChI is InChI=1S/C25H20N2O4/c28-23-14-25(31-24-9-5-4-8-20(23)24)18-10-12-19(13-11-18)26-15-21(22(16-26)27(29)30)17-6-2-1-3-7-17/h1-14,21-22H,15-16H2/t21-,22+/m1/s1. The van der Waals surface area contributed by atoms with Gasteiger partial charge in [-0.1, -0.05) is 42.5 Å². The summed E-state index contributed by atoms with van der Waals surface area (Å²) in [5, 5.41) is 12.2. The maximum absolute atomic E-state index is 12.4. The number of hydrogen-bond donors (Lipinski definition) is 0. The molecule has 0 radical (unpaired) electrons. The zero-order chi connectivity index (χ0) is 21.4. The lowest BCUT2D eigenvalue weighted by Gasteiger charge is -2.18. The van der Waals surface area contributed by atoms with Gasteiger partial charge in [-0.3, -0.25) is 14.9 Å². The van der Waals surface area contributed by atoms with E-state index < -0.39 is 6.04 Å². The van der Waals surface area contributed by atoms with Gasteiger partial charge in [-0.2, -0.15) is 0 Å². The van der Waals surface area contributed by atoms with Crippen molar-refractivity contribution in [3.05, 3.63) is 111 Å². The molecule has 0 unspecified atom stereocenters. The highest BCUT2D eigenvalue weighted by Gasteiger charge is 2.42. The second kappa shape index (κ2) is 7.72. The van der Waals surface area contributed by atoms with E-state index in [4.69, 9.17) is 4.42 Å². The normalized spacial score (nSPS) is 18.4. The molecule has 3 aromatic carbocycles. The van der Waals surface area contributed by atoms with Gasteiger partial charge in [0, 0.05) is 28.8 Å². The highest BCUT2D eigenvalue weighted by atomic mass is 16.6. The molecule has 2 heterocycles. The summed E-state index contributed by atoms with van der Waals surface area (Å²) in [5.74, 6) is 0.344. The smallest absolute Gasteiger partial charge is 0.238 e. The third kappa shape index (κ3) is 3.57. The van der Waals surface area contributed by atoms with Crippen molar-refractivity contribution in [2.24, 2.45) is 0 Å². The monoisotopic (exact) mass is 412 g/mol. The van der Waals surface area contributed by atoms with Crippen molar-refractivity contribution in [1.82, 2.24) is 0 Å². The van der Waals surface area contributed by atoms with Crippen molar-refractivity contribution in [3.8, 4) is 11.3 Å². The van der Waals surface area contributed by atoms with Crippen LogP contribution in [0.5, 0.6) is 0 Å². The number of rotatable bonds is 4. The van der Waals surface area contributed by atoms with E-state index in [1.165, 1.54) is 6.07 Å². The van der Waals surface area contributed by atoms with Gasteiger partial charge >= 0.3 is 0 Å². The van der Waals surface area contributed by atoms with Crippen LogP contribution in [0.4, 0.5) is 5.69 Å². The third-order valence-corrected chi connectivity index (χ3v) is 5.94. The van der Waals surface area contributed by atoms with E-state index in [9.17, 15) is 14.9 Å². The molecule has 0 saturated carbocycles. The lowest BCUT2D eigenvalue weighted by atomic mass is 9.95. The van der Waals surface area contributed by atoms with Gasteiger partial charge in [-0.15, -0.1) is 0 Å². The van der Waals surface area contributed by atoms with Crippen LogP contribution in [0, 0.1) is 10.1 Å². The topological polar surface area (TPSA) is 76.6 Å². The van der Waals surface area contributed by atoms with Crippen LogP contribution in [0.2, 0.25) is 0 Å². The van der Waals surface area contributed by atoms with E-state index in [2.05, 4.69) is 0 Å². The van der Waals surface area contributed by atoms with E-state index >= 15 is 0 Å². The van der Waals surface area contributed by atoms with Gasteiger partial charge in [-0.05, 0) is 42.0 Å². The summed E-state index contributed by atoms with van der Waals surface area (Å²) in [6.07, 6.45) is 0. The summed E-state index contributed by atoms with van der Waals surface area (Å²) in [4.78, 5) is 25.9. The van der Waals surface area contributed by atoms with Crippen molar-refractivity contribution in [1.29, 1.82) is 0 Å². The minimum Gasteiger partial charge on any atom is -0.456 e. The molecule has 5 rings (SSSR count). The fourth-order valence-electron chi connectivity index (χ4n) is 4.32. The Morgan fingerprint density at radius 3 is 2.35 bits per heavy atom. The second-order valence-corrected chi connectivity index (χ2v) is 7.79. The lowest BCUT2D eigenvalue weighted by Crippen LogP contribution is -2.28. The van der Waals surface area contributed by atoms with Crippen LogP contribution in [0.3, 0.4) is 0 Å². The zero-order valence-electron chi connectivity index (χ0n) is 16.7. The molecule has 1 aliphatic heterocycles. The average Bonchev–Trinajstić information content (AvgIpc) is 3.26. The molecular weight excluding hydrogens is 392 g/mol. The van der Waals surface area contributed by atoms with Gasteiger partial charge in [0.1, 0.15) is 11.3 Å². The van der Waals surface area contributed by atoms with E-state index in [0.29, 0.717) is 29.8 Å². The number of anilines is 1. The number of hydrogen-bond acceptors (Lipinski definition) is 5. The molecule has 2 atom stereocenters. The van der Waals surface area contributed by atoms with Gasteiger partial charge < -0.3 is 9.32 Å². The molecule has 0 aliphatic carbocycles. The van der Waals surface area contributed by atoms with Crippen LogP contribution in [-0.2, 0) is 0 Å². The maximum Gasteiger partial charge on any atom is 0.238 e. The van der Waals surface area contributed by atoms with Gasteiger partial charge in [-0.25, -0.2) is 0 Å². The van der Waals surface area contributed by atoms with Crippen LogP contribution in [0.25, 0.3) is 22.3 Å².